The highest BCUT2D eigenvalue weighted by molar-refractivity contribution is 8.03. The molecule has 27 heavy (non-hydrogen) atoms. The third-order valence-electron chi connectivity index (χ3n) is 3.62. The summed E-state index contributed by atoms with van der Waals surface area (Å²) in [5.74, 6) is 0.540. The summed E-state index contributed by atoms with van der Waals surface area (Å²) >= 11 is 5.75. The first-order chi connectivity index (χ1) is 13.1. The molecule has 1 aromatic carbocycles. The van der Waals surface area contributed by atoms with Crippen LogP contribution in [-0.4, -0.2) is 21.9 Å². The van der Waals surface area contributed by atoms with Crippen LogP contribution in [-0.2, 0) is 6.54 Å². The zero-order valence-corrected chi connectivity index (χ0v) is 17.6. The summed E-state index contributed by atoms with van der Waals surface area (Å²) in [7, 11) is 1.57. The maximum atomic E-state index is 12.7. The highest BCUT2D eigenvalue weighted by atomic mass is 32.2. The number of allylic oxidation sites excluding steroid dienone is 1. The standard InChI is InChI=1S/C18H17N3O2S2.C2H6/c1-12(11-24)25-15-4-5-16-14(7-15)9-20-21(18(16)22)10-13-3-6-17(23-2)19-8-13;1-2/h3-9,11,24H,10H2,1-2H3;1-2H3/b12-11+;. The second-order valence-electron chi connectivity index (χ2n) is 5.41. The van der Waals surface area contributed by atoms with E-state index in [2.05, 4.69) is 22.7 Å². The Kier molecular flexibility index (Phi) is 7.94. The second-order valence-corrected chi connectivity index (χ2v) is 6.98. The van der Waals surface area contributed by atoms with Crippen LogP contribution in [0.25, 0.3) is 10.8 Å². The highest BCUT2D eigenvalue weighted by Gasteiger charge is 2.07. The fraction of sp³-hybridized carbons (Fsp3) is 0.250. The molecule has 0 radical (unpaired) electrons. The molecular weight excluding hydrogens is 378 g/mol. The first kappa shape index (κ1) is 21.1. The number of thioether (sulfide) groups is 1. The molecule has 0 aliphatic carbocycles. The SMILES string of the molecule is CC.COc1ccc(Cn2ncc3cc(S/C(C)=C/S)ccc3c2=O)cn1. The number of methoxy groups -OCH3 is 1. The Balaban J connectivity index is 0.00000126. The predicted octanol–water partition coefficient (Wildman–Crippen LogP) is 4.76. The van der Waals surface area contributed by atoms with Crippen molar-refractivity contribution in [3.8, 4) is 5.88 Å². The summed E-state index contributed by atoms with van der Waals surface area (Å²) in [6, 6.07) is 9.39. The lowest BCUT2D eigenvalue weighted by Gasteiger charge is -2.08. The lowest BCUT2D eigenvalue weighted by atomic mass is 10.2. The lowest BCUT2D eigenvalue weighted by molar-refractivity contribution is 0.397. The van der Waals surface area contributed by atoms with Gasteiger partial charge < -0.3 is 4.74 Å². The average Bonchev–Trinajstić information content (AvgIpc) is 2.72. The number of fused-ring (bicyclic) bond motifs is 1. The molecule has 3 rings (SSSR count). The van der Waals surface area contributed by atoms with Crippen LogP contribution in [0.1, 0.15) is 26.3 Å². The minimum absolute atomic E-state index is 0.119. The molecule has 0 N–H and O–H groups in total. The largest absolute Gasteiger partial charge is 0.481 e. The van der Waals surface area contributed by atoms with E-state index in [1.807, 2.05) is 45.0 Å². The van der Waals surface area contributed by atoms with Gasteiger partial charge in [-0.25, -0.2) is 9.67 Å². The topological polar surface area (TPSA) is 57.0 Å². The number of ether oxygens (including phenoxy) is 1. The van der Waals surface area contributed by atoms with Crippen LogP contribution in [0.3, 0.4) is 0 Å². The van der Waals surface area contributed by atoms with Crippen molar-refractivity contribution in [3.05, 3.63) is 69.0 Å². The van der Waals surface area contributed by atoms with Gasteiger partial charge in [0.25, 0.3) is 5.56 Å². The Labute approximate surface area is 168 Å². The average molecular weight is 402 g/mol. The predicted molar refractivity (Wildman–Crippen MR) is 116 cm³/mol. The van der Waals surface area contributed by atoms with Gasteiger partial charge in [-0.2, -0.15) is 17.7 Å². The third kappa shape index (κ3) is 5.37. The molecule has 5 nitrogen and oxygen atoms in total. The summed E-state index contributed by atoms with van der Waals surface area (Å²) in [5.41, 5.74) is 0.766. The molecule has 142 valence electrons. The Hall–Kier alpha value is -2.25. The van der Waals surface area contributed by atoms with Crippen molar-refractivity contribution in [2.24, 2.45) is 0 Å². The highest BCUT2D eigenvalue weighted by Crippen LogP contribution is 2.28. The van der Waals surface area contributed by atoms with Gasteiger partial charge in [0.1, 0.15) is 0 Å². The Morgan fingerprint density at radius 3 is 2.67 bits per heavy atom. The molecule has 0 fully saturated rings. The number of nitrogens with zero attached hydrogens (tertiary/aromatic N) is 3. The van der Waals surface area contributed by atoms with Gasteiger partial charge in [0.05, 0.1) is 25.2 Å². The number of pyridine rings is 1. The van der Waals surface area contributed by atoms with E-state index >= 15 is 0 Å². The molecule has 0 unspecified atom stereocenters. The van der Waals surface area contributed by atoms with Crippen LogP contribution in [0.15, 0.2) is 62.7 Å². The van der Waals surface area contributed by atoms with Crippen molar-refractivity contribution in [1.82, 2.24) is 14.8 Å². The van der Waals surface area contributed by atoms with Gasteiger partial charge in [0, 0.05) is 22.5 Å². The molecule has 0 bridgehead atoms. The van der Waals surface area contributed by atoms with Gasteiger partial charge in [-0.05, 0) is 41.0 Å². The maximum Gasteiger partial charge on any atom is 0.274 e. The molecule has 0 saturated carbocycles. The van der Waals surface area contributed by atoms with Crippen molar-refractivity contribution < 1.29 is 4.74 Å². The van der Waals surface area contributed by atoms with Gasteiger partial charge in [0.15, 0.2) is 0 Å². The molecule has 0 aliphatic heterocycles. The molecule has 7 heteroatoms. The minimum atomic E-state index is -0.119. The molecule has 2 heterocycles. The summed E-state index contributed by atoms with van der Waals surface area (Å²) in [5, 5.41) is 7.52. The van der Waals surface area contributed by atoms with E-state index < -0.39 is 0 Å². The van der Waals surface area contributed by atoms with Gasteiger partial charge >= 0.3 is 0 Å². The Morgan fingerprint density at radius 2 is 2.04 bits per heavy atom. The van der Waals surface area contributed by atoms with E-state index in [0.29, 0.717) is 17.8 Å². The van der Waals surface area contributed by atoms with Crippen LogP contribution >= 0.6 is 24.4 Å². The monoisotopic (exact) mass is 401 g/mol. The van der Waals surface area contributed by atoms with Crippen molar-refractivity contribution in [2.75, 3.05) is 7.11 Å². The summed E-state index contributed by atoms with van der Waals surface area (Å²) in [6.07, 6.45) is 3.40. The zero-order valence-electron chi connectivity index (χ0n) is 15.8. The third-order valence-corrected chi connectivity index (χ3v) is 5.12. The van der Waals surface area contributed by atoms with E-state index in [4.69, 9.17) is 4.74 Å². The normalized spacial score (nSPS) is 11.1. The quantitative estimate of drug-likeness (QED) is 0.493. The molecule has 0 spiro atoms. The second kappa shape index (κ2) is 10.2. The van der Waals surface area contributed by atoms with Gasteiger partial charge in [0.2, 0.25) is 5.88 Å². The van der Waals surface area contributed by atoms with E-state index in [-0.39, 0.29) is 5.56 Å². The molecule has 2 aromatic heterocycles. The number of aromatic nitrogens is 3. The zero-order chi connectivity index (χ0) is 19.8. The van der Waals surface area contributed by atoms with Crippen LogP contribution < -0.4 is 10.3 Å². The van der Waals surface area contributed by atoms with Crippen molar-refractivity contribution in [1.29, 1.82) is 0 Å². The van der Waals surface area contributed by atoms with E-state index in [1.165, 1.54) is 4.68 Å². The van der Waals surface area contributed by atoms with Crippen LogP contribution in [0, 0.1) is 0 Å². The minimum Gasteiger partial charge on any atom is -0.481 e. The van der Waals surface area contributed by atoms with Crippen molar-refractivity contribution in [2.45, 2.75) is 32.2 Å². The van der Waals surface area contributed by atoms with E-state index in [0.717, 1.165) is 20.8 Å². The summed E-state index contributed by atoms with van der Waals surface area (Å²) in [4.78, 5) is 19.0. The number of hydrogen-bond donors (Lipinski definition) is 1. The fourth-order valence-electron chi connectivity index (χ4n) is 2.35. The molecule has 0 aliphatic rings. The number of rotatable bonds is 5. The molecular formula is C20H23N3O2S2. The van der Waals surface area contributed by atoms with Crippen LogP contribution in [0.4, 0.5) is 0 Å². The Morgan fingerprint density at radius 1 is 1.26 bits per heavy atom. The van der Waals surface area contributed by atoms with Gasteiger partial charge in [-0.15, -0.1) is 0 Å². The maximum absolute atomic E-state index is 12.7. The summed E-state index contributed by atoms with van der Waals surface area (Å²) < 4.78 is 6.48. The fourth-order valence-corrected chi connectivity index (χ4v) is 3.26. The molecule has 0 atom stereocenters. The number of thiol groups is 1. The van der Waals surface area contributed by atoms with E-state index in [1.54, 1.807) is 42.7 Å². The first-order valence-electron chi connectivity index (χ1n) is 8.58. The van der Waals surface area contributed by atoms with Gasteiger partial charge in [-0.1, -0.05) is 31.7 Å². The number of benzene rings is 1. The van der Waals surface area contributed by atoms with Crippen LogP contribution in [0.5, 0.6) is 5.88 Å². The smallest absolute Gasteiger partial charge is 0.274 e. The first-order valence-corrected chi connectivity index (χ1v) is 9.91. The van der Waals surface area contributed by atoms with Gasteiger partial charge in [-0.3, -0.25) is 4.79 Å². The van der Waals surface area contributed by atoms with Crippen molar-refractivity contribution >= 4 is 35.2 Å². The Bertz CT molecular complexity index is 983. The lowest BCUT2D eigenvalue weighted by Crippen LogP contribution is -2.23. The van der Waals surface area contributed by atoms with Crippen molar-refractivity contribution in [3.63, 3.8) is 0 Å². The molecule has 3 aromatic rings. The van der Waals surface area contributed by atoms with E-state index in [9.17, 15) is 4.79 Å². The van der Waals surface area contributed by atoms with Crippen LogP contribution in [0.2, 0.25) is 0 Å². The molecule has 0 amide bonds. The summed E-state index contributed by atoms with van der Waals surface area (Å²) in [6.45, 7) is 6.35. The number of hydrogen-bond acceptors (Lipinski definition) is 6. The molecule has 0 saturated heterocycles.